The number of halogens is 3. The van der Waals surface area contributed by atoms with Crippen molar-refractivity contribution in [1.82, 2.24) is 0 Å². The summed E-state index contributed by atoms with van der Waals surface area (Å²) in [5.74, 6) is 2.58. The summed E-state index contributed by atoms with van der Waals surface area (Å²) < 4.78 is 15.3. The Balaban J connectivity index is 2.65. The first kappa shape index (κ1) is 17.7. The van der Waals surface area contributed by atoms with Gasteiger partial charge in [0.05, 0.1) is 16.7 Å². The zero-order valence-electron chi connectivity index (χ0n) is 10.8. The molecule has 0 heterocycles. The van der Waals surface area contributed by atoms with E-state index in [-0.39, 0.29) is 29.9 Å². The number of carbonyl (C=O) groups excluding carboxylic acids is 1. The van der Waals surface area contributed by atoms with E-state index in [1.807, 2.05) is 0 Å². The first-order valence-electron chi connectivity index (χ1n) is 5.69. The smallest absolute Gasteiger partial charge is 0.404 e. The third-order valence-electron chi connectivity index (χ3n) is 2.20. The lowest BCUT2D eigenvalue weighted by atomic mass is 10.3. The van der Waals surface area contributed by atoms with Gasteiger partial charge in [0, 0.05) is 0 Å². The number of carbonyl (C=O) groups is 1. The van der Waals surface area contributed by atoms with Crippen LogP contribution in [0.3, 0.4) is 0 Å². The number of nitrogens with two attached hydrogens (primary N) is 1. The van der Waals surface area contributed by atoms with E-state index in [0.29, 0.717) is 10.8 Å². The highest BCUT2D eigenvalue weighted by Gasteiger charge is 2.16. The number of hydrogen-bond acceptors (Lipinski definition) is 4. The van der Waals surface area contributed by atoms with Crippen molar-refractivity contribution in [3.8, 4) is 18.1 Å². The predicted molar refractivity (Wildman–Crippen MR) is 81.1 cm³/mol. The van der Waals surface area contributed by atoms with Gasteiger partial charge in [-0.1, -0.05) is 40.7 Å². The fraction of sp³-hybridized carbons (Fsp3) is 0.308. The first-order chi connectivity index (χ1) is 9.95. The van der Waals surface area contributed by atoms with Gasteiger partial charge in [0.2, 0.25) is 0 Å². The molecule has 1 amide bonds. The molecule has 1 atom stereocenters. The van der Waals surface area contributed by atoms with Crippen LogP contribution in [0.4, 0.5) is 4.79 Å². The average Bonchev–Trinajstić information content (AvgIpc) is 2.43. The molecule has 21 heavy (non-hydrogen) atoms. The lowest BCUT2D eigenvalue weighted by Gasteiger charge is -2.17. The summed E-state index contributed by atoms with van der Waals surface area (Å²) in [5.41, 5.74) is 4.96. The van der Waals surface area contributed by atoms with Gasteiger partial charge in [0.25, 0.3) is 0 Å². The maximum Gasteiger partial charge on any atom is 0.404 e. The lowest BCUT2D eigenvalue weighted by molar-refractivity contribution is 0.0101. The van der Waals surface area contributed by atoms with Crippen molar-refractivity contribution in [1.29, 1.82) is 0 Å². The van der Waals surface area contributed by atoms with E-state index in [2.05, 4.69) is 5.92 Å². The summed E-state index contributed by atoms with van der Waals surface area (Å²) in [6.45, 7) is 0.0728. The molecule has 0 saturated carbocycles. The topological polar surface area (TPSA) is 70.8 Å². The largest absolute Gasteiger partial charge is 0.488 e. The molecule has 0 aliphatic carbocycles. The van der Waals surface area contributed by atoms with E-state index in [4.69, 9.17) is 61.2 Å². The minimum atomic E-state index is -0.951. The summed E-state index contributed by atoms with van der Waals surface area (Å²) in [7, 11) is 0. The van der Waals surface area contributed by atoms with Gasteiger partial charge in [-0.15, -0.1) is 6.42 Å². The Morgan fingerprint density at radius 3 is 2.62 bits per heavy atom. The Hall–Kier alpha value is -1.32. The van der Waals surface area contributed by atoms with Gasteiger partial charge in [0.1, 0.15) is 24.0 Å². The van der Waals surface area contributed by atoms with Crippen LogP contribution in [0.5, 0.6) is 5.75 Å². The second-order valence-electron chi connectivity index (χ2n) is 3.76. The van der Waals surface area contributed by atoms with Crippen molar-refractivity contribution in [3.63, 3.8) is 0 Å². The highest BCUT2D eigenvalue weighted by Crippen LogP contribution is 2.37. The minimum Gasteiger partial charge on any atom is -0.488 e. The molecule has 0 aliphatic heterocycles. The first-order valence-corrected chi connectivity index (χ1v) is 6.82. The molecule has 0 saturated heterocycles. The molecule has 0 spiro atoms. The van der Waals surface area contributed by atoms with Crippen molar-refractivity contribution in [2.24, 2.45) is 5.73 Å². The summed E-state index contributed by atoms with van der Waals surface area (Å²) in [6.07, 6.45) is 3.36. The second kappa shape index (κ2) is 8.85. The van der Waals surface area contributed by atoms with Crippen LogP contribution >= 0.6 is 34.8 Å². The molecular formula is C13H12Cl3NO4. The fourth-order valence-electron chi connectivity index (χ4n) is 1.33. The van der Waals surface area contributed by atoms with E-state index >= 15 is 0 Å². The average molecular weight is 353 g/mol. The Bertz CT molecular complexity index is 545. The molecule has 1 unspecified atom stereocenters. The second-order valence-corrected chi connectivity index (χ2v) is 4.93. The summed E-state index contributed by atoms with van der Waals surface area (Å²) >= 11 is 17.7. The fourth-order valence-corrected chi connectivity index (χ4v) is 1.91. The van der Waals surface area contributed by atoms with Gasteiger partial charge in [0.15, 0.2) is 6.10 Å². The molecule has 0 radical (unpaired) electrons. The van der Waals surface area contributed by atoms with Gasteiger partial charge in [-0.2, -0.15) is 0 Å². The normalized spacial score (nSPS) is 11.5. The van der Waals surface area contributed by atoms with E-state index in [1.54, 1.807) is 6.07 Å². The highest BCUT2D eigenvalue weighted by atomic mass is 35.5. The zero-order valence-corrected chi connectivity index (χ0v) is 13.0. The molecule has 0 aliphatic rings. The van der Waals surface area contributed by atoms with Gasteiger partial charge < -0.3 is 19.9 Å². The van der Waals surface area contributed by atoms with E-state index in [1.165, 1.54) is 6.07 Å². The lowest BCUT2D eigenvalue weighted by Crippen LogP contribution is -2.32. The van der Waals surface area contributed by atoms with Crippen LogP contribution in [0.2, 0.25) is 15.1 Å². The van der Waals surface area contributed by atoms with Gasteiger partial charge >= 0.3 is 6.09 Å². The van der Waals surface area contributed by atoms with Crippen LogP contribution in [-0.4, -0.2) is 32.0 Å². The van der Waals surface area contributed by atoms with Crippen molar-refractivity contribution >= 4 is 40.9 Å². The predicted octanol–water partition coefficient (Wildman–Crippen LogP) is 3.14. The number of benzene rings is 1. The van der Waals surface area contributed by atoms with Gasteiger partial charge in [-0.3, -0.25) is 0 Å². The molecule has 114 valence electrons. The number of primary amides is 1. The van der Waals surface area contributed by atoms with Crippen molar-refractivity contribution in [2.75, 3.05) is 19.8 Å². The Morgan fingerprint density at radius 2 is 2.00 bits per heavy atom. The van der Waals surface area contributed by atoms with Crippen LogP contribution in [0, 0.1) is 12.3 Å². The number of terminal acetylenes is 1. The molecule has 0 fully saturated rings. The molecule has 8 heteroatoms. The van der Waals surface area contributed by atoms with E-state index in [0.717, 1.165) is 0 Å². The molecule has 0 bridgehead atoms. The number of rotatable bonds is 7. The zero-order chi connectivity index (χ0) is 15.8. The Labute approximate surface area is 137 Å². The van der Waals surface area contributed by atoms with Crippen LogP contribution in [0.15, 0.2) is 12.1 Å². The quantitative estimate of drug-likeness (QED) is 0.465. The maximum atomic E-state index is 10.8. The standard InChI is InChI=1S/C13H12Cl3NO4/c1-2-5-19-6-8(21-13(17)18)7-20-10-4-3-9(14)11(15)12(10)16/h1,3-4,8H,5-7H2,(H2,17,18). The van der Waals surface area contributed by atoms with Crippen LogP contribution in [0.25, 0.3) is 0 Å². The van der Waals surface area contributed by atoms with Crippen LogP contribution < -0.4 is 10.5 Å². The van der Waals surface area contributed by atoms with Crippen molar-refractivity contribution in [3.05, 3.63) is 27.2 Å². The Kier molecular flexibility index (Phi) is 7.48. The molecular weight excluding hydrogens is 341 g/mol. The van der Waals surface area contributed by atoms with Crippen molar-refractivity contribution < 1.29 is 19.0 Å². The third kappa shape index (κ3) is 5.90. The third-order valence-corrected chi connectivity index (χ3v) is 3.47. The SMILES string of the molecule is C#CCOCC(COc1ccc(Cl)c(Cl)c1Cl)OC(N)=O. The summed E-state index contributed by atoms with van der Waals surface area (Å²) in [6, 6.07) is 3.07. The maximum absolute atomic E-state index is 10.8. The van der Waals surface area contributed by atoms with E-state index < -0.39 is 12.2 Å². The summed E-state index contributed by atoms with van der Waals surface area (Å²) in [5, 5.41) is 0.634. The molecule has 1 aromatic carbocycles. The van der Waals surface area contributed by atoms with E-state index in [9.17, 15) is 4.79 Å². The van der Waals surface area contributed by atoms with Gasteiger partial charge in [-0.25, -0.2) is 4.79 Å². The highest BCUT2D eigenvalue weighted by molar-refractivity contribution is 6.48. The van der Waals surface area contributed by atoms with Crippen molar-refractivity contribution in [2.45, 2.75) is 6.10 Å². The Morgan fingerprint density at radius 1 is 1.29 bits per heavy atom. The monoisotopic (exact) mass is 351 g/mol. The van der Waals surface area contributed by atoms with Gasteiger partial charge in [-0.05, 0) is 12.1 Å². The molecule has 1 rings (SSSR count). The van der Waals surface area contributed by atoms with Crippen LogP contribution in [0.1, 0.15) is 0 Å². The minimum absolute atomic E-state index is 0.0338. The molecule has 0 aromatic heterocycles. The number of hydrogen-bond donors (Lipinski definition) is 1. The molecule has 1 aromatic rings. The number of ether oxygens (including phenoxy) is 3. The van der Waals surface area contributed by atoms with Crippen LogP contribution in [-0.2, 0) is 9.47 Å². The number of amides is 1. The summed E-state index contributed by atoms with van der Waals surface area (Å²) in [4.78, 5) is 10.8. The molecule has 2 N–H and O–H groups in total. The molecule has 5 nitrogen and oxygen atoms in total.